The highest BCUT2D eigenvalue weighted by molar-refractivity contribution is 7.47. The topological polar surface area (TPSA) is 108 Å². The Bertz CT molecular complexity index is 2020. The summed E-state index contributed by atoms with van der Waals surface area (Å²) in [5, 5.41) is 0. The minimum Gasteiger partial charge on any atom is -0.462 e. The fourth-order valence-corrected chi connectivity index (χ4v) is 11.1. The number of rotatable bonds is 69. The van der Waals surface area contributed by atoms with Crippen molar-refractivity contribution in [2.45, 2.75) is 328 Å². The van der Waals surface area contributed by atoms with Crippen LogP contribution in [0, 0.1) is 0 Å². The standard InChI is InChI=1S/C82H142NO8P/c1-6-8-10-12-14-16-18-20-22-24-26-28-30-32-34-36-38-39-40-41-42-43-45-47-49-51-53-55-57-59-61-63-65-67-69-71-73-75-82(85)91-80(79-90-92(86,87)89-77-76-83(3,4)5)78-88-81(84)74-72-70-68-66-64-62-60-58-56-54-52-50-48-46-44-37-35-33-31-29-27-25-23-21-19-17-15-13-11-9-7-2/h8,10,14,16,19-22,25-28,31-34,38-39,41-42,45,47,80H,6-7,9,11-13,15,17-18,23-24,29-30,35-37,40,43-44,46,48-79H2,1-5H3/p+1/b10-8-,16-14-,21-19-,22-20-,27-25-,28-26-,33-31-,34-32-,39-38-,42-41-,47-45-. The van der Waals surface area contributed by atoms with E-state index in [-0.39, 0.29) is 32.0 Å². The number of esters is 2. The van der Waals surface area contributed by atoms with Gasteiger partial charge in [-0.2, -0.15) is 0 Å². The molecule has 0 radical (unpaired) electrons. The number of phosphoric ester groups is 1. The minimum atomic E-state index is -4.40. The maximum atomic E-state index is 12.9. The zero-order valence-electron chi connectivity index (χ0n) is 60.2. The highest BCUT2D eigenvalue weighted by Crippen LogP contribution is 2.43. The molecule has 0 saturated carbocycles. The number of phosphoric acid groups is 1. The van der Waals surface area contributed by atoms with Gasteiger partial charge in [-0.15, -0.1) is 0 Å². The number of ether oxygens (including phenoxy) is 2. The first-order valence-electron chi connectivity index (χ1n) is 37.9. The van der Waals surface area contributed by atoms with Crippen LogP contribution in [0.1, 0.15) is 322 Å². The monoisotopic (exact) mass is 1300 g/mol. The molecule has 0 aromatic carbocycles. The molecule has 0 bridgehead atoms. The molecule has 0 rings (SSSR count). The molecule has 0 aromatic heterocycles. The van der Waals surface area contributed by atoms with Crippen molar-refractivity contribution in [2.24, 2.45) is 0 Å². The smallest absolute Gasteiger partial charge is 0.462 e. The molecule has 92 heavy (non-hydrogen) atoms. The molecule has 0 fully saturated rings. The molecule has 0 amide bonds. The van der Waals surface area contributed by atoms with Gasteiger partial charge < -0.3 is 18.9 Å². The van der Waals surface area contributed by atoms with E-state index in [1.807, 2.05) is 21.1 Å². The molecule has 2 unspecified atom stereocenters. The van der Waals surface area contributed by atoms with Gasteiger partial charge in [-0.25, -0.2) is 4.57 Å². The third kappa shape index (κ3) is 75.2. The van der Waals surface area contributed by atoms with Gasteiger partial charge in [-0.3, -0.25) is 18.6 Å². The summed E-state index contributed by atoms with van der Waals surface area (Å²) in [6, 6.07) is 0. The van der Waals surface area contributed by atoms with Crippen molar-refractivity contribution < 1.29 is 42.1 Å². The van der Waals surface area contributed by atoms with Crippen LogP contribution < -0.4 is 0 Å². The lowest BCUT2D eigenvalue weighted by Gasteiger charge is -2.24. The van der Waals surface area contributed by atoms with Gasteiger partial charge in [0.2, 0.25) is 0 Å². The Morgan fingerprint density at radius 2 is 0.620 bits per heavy atom. The molecule has 0 aromatic rings. The van der Waals surface area contributed by atoms with Gasteiger partial charge in [0.05, 0.1) is 27.7 Å². The maximum Gasteiger partial charge on any atom is 0.472 e. The first-order chi connectivity index (χ1) is 45.0. The Balaban J connectivity index is 4.04. The zero-order chi connectivity index (χ0) is 66.9. The van der Waals surface area contributed by atoms with Crippen LogP contribution in [-0.4, -0.2) is 74.9 Å². The summed E-state index contributed by atoms with van der Waals surface area (Å²) in [6.07, 6.45) is 104. The lowest BCUT2D eigenvalue weighted by atomic mass is 10.0. The van der Waals surface area contributed by atoms with Crippen LogP contribution in [0.5, 0.6) is 0 Å². The summed E-state index contributed by atoms with van der Waals surface area (Å²) in [6.45, 7) is 4.33. The number of quaternary nitrogens is 1. The molecule has 10 heteroatoms. The molecule has 0 spiro atoms. The van der Waals surface area contributed by atoms with E-state index in [4.69, 9.17) is 18.5 Å². The summed E-state index contributed by atoms with van der Waals surface area (Å²) >= 11 is 0. The first-order valence-corrected chi connectivity index (χ1v) is 39.4. The fraction of sp³-hybridized carbons (Fsp3) is 0.707. The summed E-state index contributed by atoms with van der Waals surface area (Å²) in [5.74, 6) is -0.795. The van der Waals surface area contributed by atoms with E-state index < -0.39 is 26.5 Å². The van der Waals surface area contributed by atoms with Gasteiger partial charge in [0.1, 0.15) is 19.8 Å². The second-order valence-electron chi connectivity index (χ2n) is 26.3. The average molecular weight is 1300 g/mol. The maximum absolute atomic E-state index is 12.9. The van der Waals surface area contributed by atoms with Gasteiger partial charge >= 0.3 is 19.8 Å². The average Bonchev–Trinajstić information content (AvgIpc) is 2.34. The summed E-state index contributed by atoms with van der Waals surface area (Å²) in [4.78, 5) is 36.0. The zero-order valence-corrected chi connectivity index (χ0v) is 61.1. The van der Waals surface area contributed by atoms with E-state index in [1.54, 1.807) is 0 Å². The van der Waals surface area contributed by atoms with Crippen LogP contribution in [0.25, 0.3) is 0 Å². The van der Waals surface area contributed by atoms with Crippen LogP contribution in [0.2, 0.25) is 0 Å². The molecule has 0 saturated heterocycles. The van der Waals surface area contributed by atoms with Gasteiger partial charge in [-0.05, 0) is 116 Å². The van der Waals surface area contributed by atoms with Crippen molar-refractivity contribution in [1.29, 1.82) is 0 Å². The Kier molecular flexibility index (Phi) is 68.5. The molecule has 0 aliphatic heterocycles. The van der Waals surface area contributed by atoms with E-state index in [1.165, 1.54) is 186 Å². The lowest BCUT2D eigenvalue weighted by molar-refractivity contribution is -0.870. The minimum absolute atomic E-state index is 0.0269. The molecule has 2 atom stereocenters. The van der Waals surface area contributed by atoms with Crippen LogP contribution in [0.4, 0.5) is 0 Å². The second-order valence-corrected chi connectivity index (χ2v) is 27.8. The summed E-state index contributed by atoms with van der Waals surface area (Å²) < 4.78 is 34.8. The van der Waals surface area contributed by atoms with Gasteiger partial charge in [0.15, 0.2) is 6.10 Å². The van der Waals surface area contributed by atoms with Crippen LogP contribution in [-0.2, 0) is 32.7 Å². The molecule has 528 valence electrons. The molecular formula is C82H143NO8P+. The molecule has 1 N–H and O–H groups in total. The molecule has 0 aliphatic carbocycles. The van der Waals surface area contributed by atoms with Crippen molar-refractivity contribution in [1.82, 2.24) is 0 Å². The third-order valence-corrected chi connectivity index (χ3v) is 17.1. The normalized spacial score (nSPS) is 13.8. The van der Waals surface area contributed by atoms with E-state index >= 15 is 0 Å². The van der Waals surface area contributed by atoms with Crippen molar-refractivity contribution in [3.63, 3.8) is 0 Å². The number of unbranched alkanes of at least 4 members (excludes halogenated alkanes) is 33. The molecule has 0 aliphatic rings. The van der Waals surface area contributed by atoms with Gasteiger partial charge in [-0.1, -0.05) is 327 Å². The van der Waals surface area contributed by atoms with Crippen molar-refractivity contribution >= 4 is 19.8 Å². The highest BCUT2D eigenvalue weighted by Gasteiger charge is 2.27. The van der Waals surface area contributed by atoms with Gasteiger partial charge in [0, 0.05) is 12.8 Å². The third-order valence-electron chi connectivity index (χ3n) is 16.2. The van der Waals surface area contributed by atoms with E-state index in [9.17, 15) is 19.0 Å². The van der Waals surface area contributed by atoms with Gasteiger partial charge in [0.25, 0.3) is 0 Å². The van der Waals surface area contributed by atoms with Crippen molar-refractivity contribution in [3.8, 4) is 0 Å². The number of hydrogen-bond acceptors (Lipinski definition) is 7. The Hall–Kier alpha value is -3.85. The lowest BCUT2D eigenvalue weighted by Crippen LogP contribution is -2.37. The Morgan fingerprint density at radius 1 is 0.348 bits per heavy atom. The summed E-state index contributed by atoms with van der Waals surface area (Å²) in [7, 11) is 1.47. The predicted molar refractivity (Wildman–Crippen MR) is 399 cm³/mol. The quantitative estimate of drug-likeness (QED) is 0.0211. The number of likely N-dealkylation sites (N-methyl/N-ethyl adjacent to an activating group) is 1. The number of carbonyl (C=O) groups is 2. The van der Waals surface area contributed by atoms with Crippen molar-refractivity contribution in [2.75, 3.05) is 47.5 Å². The number of carbonyl (C=O) groups excluding carboxylic acids is 2. The molecule has 9 nitrogen and oxygen atoms in total. The molecule has 0 heterocycles. The van der Waals surface area contributed by atoms with Crippen LogP contribution in [0.3, 0.4) is 0 Å². The van der Waals surface area contributed by atoms with Crippen molar-refractivity contribution in [3.05, 3.63) is 134 Å². The SMILES string of the molecule is CC/C=C\C/C=C\C/C=C\C/C=C\C/C=C\C/C=C\C/C=C\C/C=C\CCCCCCCCCCCCCCC(=O)OC(COC(=O)CCCCCCCCCCCCCCCCCC/C=C\C/C=C\C/C=C\CCCCCCC)COP(=O)(O)OCC[N+](C)(C)C. The number of hydrogen-bond donors (Lipinski definition) is 1. The highest BCUT2D eigenvalue weighted by atomic mass is 31.2. The molecular weight excluding hydrogens is 1160 g/mol. The largest absolute Gasteiger partial charge is 0.472 e. The van der Waals surface area contributed by atoms with E-state index in [2.05, 4.69) is 148 Å². The summed E-state index contributed by atoms with van der Waals surface area (Å²) in [5.41, 5.74) is 0. The van der Waals surface area contributed by atoms with Crippen LogP contribution >= 0.6 is 7.82 Å². The van der Waals surface area contributed by atoms with Crippen LogP contribution in [0.15, 0.2) is 134 Å². The van der Waals surface area contributed by atoms with E-state index in [0.29, 0.717) is 17.4 Å². The van der Waals surface area contributed by atoms with E-state index in [0.717, 1.165) is 103 Å². The number of allylic oxidation sites excluding steroid dienone is 22. The first kappa shape index (κ1) is 88.2. The Morgan fingerprint density at radius 3 is 0.924 bits per heavy atom. The fourth-order valence-electron chi connectivity index (χ4n) is 10.4. The number of nitrogens with zero attached hydrogens (tertiary/aromatic N) is 1. The predicted octanol–water partition coefficient (Wildman–Crippen LogP) is 25.2. The Labute approximate surface area is 568 Å². The second kappa shape index (κ2) is 71.4.